The van der Waals surface area contributed by atoms with E-state index in [4.69, 9.17) is 10.5 Å². The van der Waals surface area contributed by atoms with Crippen LogP contribution in [0.5, 0.6) is 0 Å². The fourth-order valence-corrected chi connectivity index (χ4v) is 2.04. The second kappa shape index (κ2) is 8.32. The molecule has 0 unspecified atom stereocenters. The maximum atomic E-state index is 10.5. The first-order valence-electron chi connectivity index (χ1n) is 7.42. The average molecular weight is 310 g/mol. The van der Waals surface area contributed by atoms with Crippen molar-refractivity contribution >= 4 is 18.0 Å². The second-order valence-corrected chi connectivity index (χ2v) is 4.82. The van der Waals surface area contributed by atoms with E-state index in [1.807, 2.05) is 0 Å². The molecule has 0 atom stereocenters. The van der Waals surface area contributed by atoms with Crippen molar-refractivity contribution < 1.29 is 14.3 Å². The van der Waals surface area contributed by atoms with Gasteiger partial charge < -0.3 is 25.4 Å². The number of aryl methyl sites for hydroxylation is 1. The van der Waals surface area contributed by atoms with E-state index >= 15 is 0 Å². The lowest BCUT2D eigenvalue weighted by Crippen LogP contribution is -2.37. The van der Waals surface area contributed by atoms with E-state index in [2.05, 4.69) is 36.8 Å². The molecule has 0 aromatic carbocycles. The molecule has 1 fully saturated rings. The molecule has 9 nitrogen and oxygen atoms in total. The molecule has 1 aliphatic heterocycles. The van der Waals surface area contributed by atoms with Crippen molar-refractivity contribution in [2.75, 3.05) is 49.7 Å². The summed E-state index contributed by atoms with van der Waals surface area (Å²) in [7, 11) is 0. The molecule has 2 rings (SSSR count). The van der Waals surface area contributed by atoms with Crippen LogP contribution < -0.4 is 16.0 Å². The smallest absolute Gasteiger partial charge is 0.404 e. The Hall–Kier alpha value is -2.16. The Balaban J connectivity index is 2.03. The van der Waals surface area contributed by atoms with E-state index in [-0.39, 0.29) is 6.61 Å². The highest BCUT2D eigenvalue weighted by Gasteiger charge is 2.16. The first-order chi connectivity index (χ1) is 10.7. The second-order valence-electron chi connectivity index (χ2n) is 4.82. The molecule has 2 heterocycles. The maximum Gasteiger partial charge on any atom is 0.404 e. The number of rotatable bonds is 7. The van der Waals surface area contributed by atoms with Crippen LogP contribution in [0.1, 0.15) is 19.2 Å². The average Bonchev–Trinajstić information content (AvgIpc) is 2.52. The van der Waals surface area contributed by atoms with E-state index in [0.29, 0.717) is 31.7 Å². The Morgan fingerprint density at radius 2 is 2.14 bits per heavy atom. The first kappa shape index (κ1) is 16.2. The van der Waals surface area contributed by atoms with Crippen molar-refractivity contribution in [3.63, 3.8) is 0 Å². The lowest BCUT2D eigenvalue weighted by Gasteiger charge is -2.27. The van der Waals surface area contributed by atoms with E-state index in [1.54, 1.807) is 0 Å². The summed E-state index contributed by atoms with van der Waals surface area (Å²) >= 11 is 0. The molecule has 1 aromatic rings. The third-order valence-corrected chi connectivity index (χ3v) is 3.07. The number of hydrogen-bond donors (Lipinski definition) is 2. The molecule has 0 bridgehead atoms. The molecule has 1 aliphatic rings. The summed E-state index contributed by atoms with van der Waals surface area (Å²) in [4.78, 5) is 25.9. The van der Waals surface area contributed by atoms with Gasteiger partial charge in [0.25, 0.3) is 0 Å². The number of hydrogen-bond acceptors (Lipinski definition) is 8. The number of primary amides is 1. The van der Waals surface area contributed by atoms with Gasteiger partial charge in [0.1, 0.15) is 12.4 Å². The molecule has 1 saturated heterocycles. The molecule has 0 radical (unpaired) electrons. The van der Waals surface area contributed by atoms with Crippen LogP contribution in [0.2, 0.25) is 0 Å². The van der Waals surface area contributed by atoms with Crippen molar-refractivity contribution in [3.05, 3.63) is 5.82 Å². The summed E-state index contributed by atoms with van der Waals surface area (Å²) in [5.41, 5.74) is 4.91. The number of nitrogens with one attached hydrogen (secondary N) is 1. The fourth-order valence-electron chi connectivity index (χ4n) is 2.04. The van der Waals surface area contributed by atoms with Gasteiger partial charge in [-0.1, -0.05) is 6.92 Å². The van der Waals surface area contributed by atoms with Gasteiger partial charge in [-0.05, 0) is 6.42 Å². The Bertz CT molecular complexity index is 493. The molecule has 9 heteroatoms. The molecule has 0 spiro atoms. The molecule has 0 aliphatic carbocycles. The Morgan fingerprint density at radius 3 is 2.82 bits per heavy atom. The van der Waals surface area contributed by atoms with Gasteiger partial charge in [0.05, 0.1) is 19.8 Å². The highest BCUT2D eigenvalue weighted by molar-refractivity contribution is 5.64. The van der Waals surface area contributed by atoms with E-state index < -0.39 is 6.09 Å². The van der Waals surface area contributed by atoms with Crippen LogP contribution in [-0.2, 0) is 15.9 Å². The molecular formula is C13H22N6O3. The topological polar surface area (TPSA) is 115 Å². The van der Waals surface area contributed by atoms with Gasteiger partial charge in [-0.3, -0.25) is 0 Å². The Morgan fingerprint density at radius 1 is 1.36 bits per heavy atom. The van der Waals surface area contributed by atoms with Gasteiger partial charge in [0, 0.05) is 19.5 Å². The zero-order valence-electron chi connectivity index (χ0n) is 12.7. The van der Waals surface area contributed by atoms with Crippen LogP contribution in [0, 0.1) is 0 Å². The SMILES string of the molecule is CCCc1nc(NCCOC(N)=O)nc(N2CCOCC2)n1. The minimum atomic E-state index is -0.793. The van der Waals surface area contributed by atoms with Crippen molar-refractivity contribution in [3.8, 4) is 0 Å². The van der Waals surface area contributed by atoms with Gasteiger partial charge in [-0.25, -0.2) is 4.79 Å². The van der Waals surface area contributed by atoms with Crippen LogP contribution in [-0.4, -0.2) is 60.5 Å². The van der Waals surface area contributed by atoms with E-state index in [1.165, 1.54) is 0 Å². The van der Waals surface area contributed by atoms with Gasteiger partial charge in [-0.2, -0.15) is 15.0 Å². The van der Waals surface area contributed by atoms with Crippen molar-refractivity contribution in [1.82, 2.24) is 15.0 Å². The van der Waals surface area contributed by atoms with Crippen molar-refractivity contribution in [2.45, 2.75) is 19.8 Å². The van der Waals surface area contributed by atoms with E-state index in [0.717, 1.165) is 31.8 Å². The number of carbonyl (C=O) groups excluding carboxylic acids is 1. The Labute approximate surface area is 129 Å². The largest absolute Gasteiger partial charge is 0.448 e. The van der Waals surface area contributed by atoms with Crippen LogP contribution in [0.4, 0.5) is 16.7 Å². The quantitative estimate of drug-likeness (QED) is 0.685. The number of carbonyl (C=O) groups is 1. The third-order valence-electron chi connectivity index (χ3n) is 3.07. The molecule has 3 N–H and O–H groups in total. The summed E-state index contributed by atoms with van der Waals surface area (Å²) in [6.45, 7) is 5.50. The number of morpholine rings is 1. The minimum Gasteiger partial charge on any atom is -0.448 e. The fraction of sp³-hybridized carbons (Fsp3) is 0.692. The van der Waals surface area contributed by atoms with Gasteiger partial charge >= 0.3 is 6.09 Å². The zero-order chi connectivity index (χ0) is 15.8. The van der Waals surface area contributed by atoms with Gasteiger partial charge in [0.15, 0.2) is 0 Å². The van der Waals surface area contributed by atoms with E-state index in [9.17, 15) is 4.79 Å². The molecule has 122 valence electrons. The molecule has 1 amide bonds. The van der Waals surface area contributed by atoms with Crippen LogP contribution in [0.15, 0.2) is 0 Å². The van der Waals surface area contributed by atoms with Crippen LogP contribution in [0.3, 0.4) is 0 Å². The first-order valence-corrected chi connectivity index (χ1v) is 7.42. The predicted octanol–water partition coefficient (Wildman–Crippen LogP) is 0.168. The lowest BCUT2D eigenvalue weighted by molar-refractivity contribution is 0.122. The summed E-state index contributed by atoms with van der Waals surface area (Å²) in [6.07, 6.45) is 0.946. The monoisotopic (exact) mass is 310 g/mol. The van der Waals surface area contributed by atoms with Gasteiger partial charge in [-0.15, -0.1) is 0 Å². The highest BCUT2D eigenvalue weighted by Crippen LogP contribution is 2.13. The number of ether oxygens (including phenoxy) is 2. The number of anilines is 2. The van der Waals surface area contributed by atoms with Crippen molar-refractivity contribution in [1.29, 1.82) is 0 Å². The minimum absolute atomic E-state index is 0.164. The van der Waals surface area contributed by atoms with Crippen LogP contribution in [0.25, 0.3) is 0 Å². The standard InChI is InChI=1S/C13H22N6O3/c1-2-3-10-16-12(15-4-7-22-11(14)20)18-13(17-10)19-5-8-21-9-6-19/h2-9H2,1H3,(H2,14,20)(H,15,16,17,18). The zero-order valence-corrected chi connectivity index (χ0v) is 12.7. The Kier molecular flexibility index (Phi) is 6.13. The van der Waals surface area contributed by atoms with Crippen molar-refractivity contribution in [2.24, 2.45) is 5.73 Å². The number of nitrogens with zero attached hydrogens (tertiary/aromatic N) is 4. The summed E-state index contributed by atoms with van der Waals surface area (Å²) in [5.74, 6) is 1.88. The maximum absolute atomic E-state index is 10.5. The molecular weight excluding hydrogens is 288 g/mol. The third kappa shape index (κ3) is 4.99. The number of amides is 1. The molecule has 1 aromatic heterocycles. The highest BCUT2D eigenvalue weighted by atomic mass is 16.5. The number of nitrogens with two attached hydrogens (primary N) is 1. The van der Waals surface area contributed by atoms with Crippen LogP contribution >= 0.6 is 0 Å². The molecule has 0 saturated carbocycles. The van der Waals surface area contributed by atoms with Gasteiger partial charge in [0.2, 0.25) is 11.9 Å². The lowest BCUT2D eigenvalue weighted by atomic mass is 10.3. The summed E-state index contributed by atoms with van der Waals surface area (Å²) in [6, 6.07) is 0. The number of aromatic nitrogens is 3. The predicted molar refractivity (Wildman–Crippen MR) is 80.9 cm³/mol. The summed E-state index contributed by atoms with van der Waals surface area (Å²) in [5, 5.41) is 3.03. The molecule has 22 heavy (non-hydrogen) atoms. The summed E-state index contributed by atoms with van der Waals surface area (Å²) < 4.78 is 10.0. The normalized spacial score (nSPS) is 14.7.